The van der Waals surface area contributed by atoms with Gasteiger partial charge in [0.2, 0.25) is 0 Å². The molecule has 0 saturated carbocycles. The van der Waals surface area contributed by atoms with Crippen LogP contribution in [0.15, 0.2) is 61.4 Å². The van der Waals surface area contributed by atoms with E-state index in [4.69, 9.17) is 0 Å². The molecule has 0 fully saturated rings. The molecule has 138 valence electrons. The molecule has 4 rings (SSSR count). The zero-order chi connectivity index (χ0) is 18.0. The van der Waals surface area contributed by atoms with Crippen LogP contribution in [0, 0.1) is 0 Å². The van der Waals surface area contributed by atoms with Gasteiger partial charge in [-0.25, -0.2) is 0 Å². The maximum atomic E-state index is 4.06. The highest BCUT2D eigenvalue weighted by atomic mass is 15.0. The van der Waals surface area contributed by atoms with Crippen LogP contribution in [-0.2, 0) is 0 Å². The minimum absolute atomic E-state index is 0. The van der Waals surface area contributed by atoms with Crippen LogP contribution in [0.4, 0.5) is 0 Å². The second-order valence-corrected chi connectivity index (χ2v) is 7.20. The smallest absolute Gasteiger partial charge is 0.0482 e. The Hall–Kier alpha value is -2.48. The molecule has 3 aromatic rings. The van der Waals surface area contributed by atoms with Crippen LogP contribution < -0.4 is 0 Å². The van der Waals surface area contributed by atoms with Crippen LogP contribution in [0.1, 0.15) is 64.9 Å². The van der Waals surface area contributed by atoms with Crippen molar-refractivity contribution in [3.05, 3.63) is 72.7 Å². The van der Waals surface area contributed by atoms with Gasteiger partial charge in [-0.15, -0.1) is 0 Å². The minimum atomic E-state index is 0. The van der Waals surface area contributed by atoms with Gasteiger partial charge < -0.3 is 9.13 Å². The van der Waals surface area contributed by atoms with Crippen molar-refractivity contribution < 1.29 is 0 Å². The normalized spacial score (nSPS) is 12.8. The van der Waals surface area contributed by atoms with Gasteiger partial charge in [0.1, 0.15) is 0 Å². The van der Waals surface area contributed by atoms with Crippen molar-refractivity contribution in [2.75, 3.05) is 0 Å². The predicted molar refractivity (Wildman–Crippen MR) is 117 cm³/mol. The van der Waals surface area contributed by atoms with Gasteiger partial charge in [0.15, 0.2) is 0 Å². The molecule has 0 N–H and O–H groups in total. The summed E-state index contributed by atoms with van der Waals surface area (Å²) in [4.78, 5) is 0. The van der Waals surface area contributed by atoms with E-state index in [0.29, 0.717) is 12.1 Å². The van der Waals surface area contributed by atoms with Gasteiger partial charge in [0.25, 0.3) is 0 Å². The van der Waals surface area contributed by atoms with Crippen LogP contribution in [0.2, 0.25) is 0 Å². The maximum absolute atomic E-state index is 4.06. The number of nitrogens with zero attached hydrogens (tertiary/aromatic N) is 2. The molecule has 0 radical (unpaired) electrons. The molecule has 2 aromatic heterocycles. The lowest BCUT2D eigenvalue weighted by Gasteiger charge is -2.15. The Balaban J connectivity index is 0.000000180. The first-order valence-electron chi connectivity index (χ1n) is 9.10. The minimum Gasteiger partial charge on any atom is -0.345 e. The Bertz CT molecular complexity index is 903. The largest absolute Gasteiger partial charge is 0.345 e. The quantitative estimate of drug-likeness (QED) is 0.458. The average molecular weight is 349 g/mol. The second-order valence-electron chi connectivity index (χ2n) is 7.20. The number of para-hydroxylation sites is 1. The fourth-order valence-electron chi connectivity index (χ4n) is 3.36. The number of hydrogen-bond acceptors (Lipinski definition) is 0. The molecule has 0 amide bonds. The average Bonchev–Trinajstić information content (AvgIpc) is 3.20. The molecular formula is C24H32N2. The van der Waals surface area contributed by atoms with E-state index in [1.165, 1.54) is 27.7 Å². The Labute approximate surface area is 158 Å². The summed E-state index contributed by atoms with van der Waals surface area (Å²) in [5.41, 5.74) is 5.19. The summed E-state index contributed by atoms with van der Waals surface area (Å²) >= 11 is 0. The Kier molecular flexibility index (Phi) is 6.31. The van der Waals surface area contributed by atoms with Crippen LogP contribution in [-0.4, -0.2) is 9.13 Å². The lowest BCUT2D eigenvalue weighted by Crippen LogP contribution is -2.03. The monoisotopic (exact) mass is 348 g/mol. The molecule has 0 spiro atoms. The molecule has 2 nitrogen and oxygen atoms in total. The molecule has 2 heteroatoms. The summed E-state index contributed by atoms with van der Waals surface area (Å²) in [6, 6.07) is 13.9. The summed E-state index contributed by atoms with van der Waals surface area (Å²) in [5.74, 6) is 0. The van der Waals surface area contributed by atoms with Crippen LogP contribution in [0.3, 0.4) is 0 Å². The van der Waals surface area contributed by atoms with Crippen molar-refractivity contribution in [3.8, 4) is 0 Å². The van der Waals surface area contributed by atoms with Crippen LogP contribution in [0.5, 0.6) is 0 Å². The molecule has 1 aromatic carbocycles. The lowest BCUT2D eigenvalue weighted by molar-refractivity contribution is 0.598. The maximum Gasteiger partial charge on any atom is 0.0482 e. The Morgan fingerprint density at radius 1 is 0.885 bits per heavy atom. The number of fused-ring (bicyclic) bond motifs is 2. The highest BCUT2D eigenvalue weighted by molar-refractivity contribution is 5.80. The standard InChI is InChI=1S/C12H15N.C11H13N.CH4/c1-9(2)13-8-7-11-10(3)5-4-6-12(11)13;1-9(2)12-8-7-10-5-3-4-6-11(10)12;/h4,6-9H,3,5H2,1-2H3;3-9H,1-2H3;1H4. The molecule has 0 bridgehead atoms. The molecule has 0 unspecified atom stereocenters. The van der Waals surface area contributed by atoms with Crippen LogP contribution in [0.25, 0.3) is 22.6 Å². The molecule has 0 aliphatic heterocycles. The lowest BCUT2D eigenvalue weighted by atomic mass is 9.99. The van der Waals surface area contributed by atoms with Crippen molar-refractivity contribution in [1.29, 1.82) is 0 Å². The molecule has 2 heterocycles. The van der Waals surface area contributed by atoms with Gasteiger partial charge in [0.05, 0.1) is 0 Å². The first-order chi connectivity index (χ1) is 12.0. The topological polar surface area (TPSA) is 9.86 Å². The highest BCUT2D eigenvalue weighted by Gasteiger charge is 2.13. The predicted octanol–water partition coefficient (Wildman–Crippen LogP) is 7.36. The zero-order valence-corrected chi connectivity index (χ0v) is 15.7. The van der Waals surface area contributed by atoms with Crippen molar-refractivity contribution in [2.45, 2.75) is 53.6 Å². The molecule has 1 aliphatic rings. The van der Waals surface area contributed by atoms with Gasteiger partial charge in [-0.2, -0.15) is 0 Å². The van der Waals surface area contributed by atoms with Crippen molar-refractivity contribution in [1.82, 2.24) is 9.13 Å². The van der Waals surface area contributed by atoms with E-state index in [0.717, 1.165) is 6.42 Å². The summed E-state index contributed by atoms with van der Waals surface area (Å²) in [6.07, 6.45) is 9.67. The van der Waals surface area contributed by atoms with E-state index < -0.39 is 0 Å². The molecule has 26 heavy (non-hydrogen) atoms. The number of hydrogen-bond donors (Lipinski definition) is 0. The number of benzene rings is 1. The summed E-state index contributed by atoms with van der Waals surface area (Å²) in [7, 11) is 0. The van der Waals surface area contributed by atoms with Gasteiger partial charge in [-0.1, -0.05) is 38.3 Å². The first-order valence-corrected chi connectivity index (χ1v) is 9.10. The first kappa shape index (κ1) is 19.8. The van der Waals surface area contributed by atoms with E-state index in [2.05, 4.69) is 104 Å². The number of allylic oxidation sites excluding steroid dienone is 2. The van der Waals surface area contributed by atoms with E-state index in [9.17, 15) is 0 Å². The van der Waals surface area contributed by atoms with Gasteiger partial charge in [0, 0.05) is 41.3 Å². The summed E-state index contributed by atoms with van der Waals surface area (Å²) in [6.45, 7) is 12.9. The van der Waals surface area contributed by atoms with Gasteiger partial charge in [-0.3, -0.25) is 0 Å². The fraction of sp³-hybridized carbons (Fsp3) is 0.333. The summed E-state index contributed by atoms with van der Waals surface area (Å²) in [5, 5.41) is 1.33. The third-order valence-corrected chi connectivity index (χ3v) is 4.72. The van der Waals surface area contributed by atoms with E-state index in [-0.39, 0.29) is 7.43 Å². The van der Waals surface area contributed by atoms with Crippen molar-refractivity contribution in [3.63, 3.8) is 0 Å². The second kappa shape index (κ2) is 8.27. The third kappa shape index (κ3) is 3.85. The molecule has 0 atom stereocenters. The number of rotatable bonds is 2. The van der Waals surface area contributed by atoms with E-state index in [1.807, 2.05) is 0 Å². The SMILES string of the molecule is C.C=C1CC=Cc2c1ccn2C(C)C.CC(C)n1ccc2ccccc21. The van der Waals surface area contributed by atoms with Crippen molar-refractivity contribution in [2.24, 2.45) is 0 Å². The van der Waals surface area contributed by atoms with Gasteiger partial charge in [-0.05, 0) is 69.4 Å². The Morgan fingerprint density at radius 3 is 2.23 bits per heavy atom. The number of aromatic nitrogens is 2. The molecule has 0 saturated heterocycles. The summed E-state index contributed by atoms with van der Waals surface area (Å²) < 4.78 is 4.57. The van der Waals surface area contributed by atoms with E-state index >= 15 is 0 Å². The fourth-order valence-corrected chi connectivity index (χ4v) is 3.36. The van der Waals surface area contributed by atoms with Crippen LogP contribution >= 0.6 is 0 Å². The van der Waals surface area contributed by atoms with E-state index in [1.54, 1.807) is 0 Å². The highest BCUT2D eigenvalue weighted by Crippen LogP contribution is 2.29. The Morgan fingerprint density at radius 2 is 1.54 bits per heavy atom. The molecular weight excluding hydrogens is 316 g/mol. The zero-order valence-electron chi connectivity index (χ0n) is 15.7. The third-order valence-electron chi connectivity index (χ3n) is 4.72. The van der Waals surface area contributed by atoms with Crippen molar-refractivity contribution >= 4 is 22.6 Å². The molecule has 1 aliphatic carbocycles. The van der Waals surface area contributed by atoms with Gasteiger partial charge >= 0.3 is 0 Å².